The van der Waals surface area contributed by atoms with Gasteiger partial charge in [0.1, 0.15) is 0 Å². The molecule has 0 aliphatic carbocycles. The van der Waals surface area contributed by atoms with Crippen molar-refractivity contribution in [3.05, 3.63) is 0 Å². The van der Waals surface area contributed by atoms with E-state index in [9.17, 15) is 0 Å². The van der Waals surface area contributed by atoms with Crippen LogP contribution >= 0.6 is 11.8 Å². The van der Waals surface area contributed by atoms with Gasteiger partial charge in [0, 0.05) is 5.25 Å². The van der Waals surface area contributed by atoms with Crippen molar-refractivity contribution in [3.63, 3.8) is 0 Å². The first-order valence-electron chi connectivity index (χ1n) is 8.17. The molecule has 0 spiro atoms. The third kappa shape index (κ3) is 9.02. The number of unbranched alkanes of at least 4 members (excludes halogenated alkanes) is 5. The lowest BCUT2D eigenvalue weighted by molar-refractivity contribution is 0.369. The average molecular weight is 283 g/mol. The number of nitrogens with one attached hydrogen (secondary N) is 1. The lowest BCUT2D eigenvalue weighted by Crippen LogP contribution is -2.32. The van der Waals surface area contributed by atoms with Crippen LogP contribution in [0.4, 0.5) is 0 Å². The Bertz CT molecular complexity index is 190. The van der Waals surface area contributed by atoms with E-state index in [-0.39, 0.29) is 0 Å². The van der Waals surface area contributed by atoms with Crippen LogP contribution in [0.25, 0.3) is 0 Å². The van der Waals surface area contributed by atoms with Crippen molar-refractivity contribution in [3.8, 4) is 0 Å². The summed E-state index contributed by atoms with van der Waals surface area (Å²) in [4.78, 5) is 0. The Labute approximate surface area is 127 Å². The van der Waals surface area contributed by atoms with Crippen molar-refractivity contribution >= 4 is 19.7 Å². The minimum atomic E-state index is 0.704. The highest BCUT2D eigenvalue weighted by Crippen LogP contribution is 2.30. The van der Waals surface area contributed by atoms with E-state index < -0.39 is 0 Å². The largest absolute Gasteiger partial charge is 0.366 e. The zero-order chi connectivity index (χ0) is 14.5. The molecule has 0 aromatic rings. The molecule has 1 nitrogen and oxygen atoms in total. The monoisotopic (exact) mass is 283 g/mol. The van der Waals surface area contributed by atoms with Crippen LogP contribution in [-0.4, -0.2) is 26.0 Å². The van der Waals surface area contributed by atoms with Gasteiger partial charge in [-0.25, -0.2) is 0 Å². The summed E-state index contributed by atoms with van der Waals surface area (Å²) in [6.07, 6.45) is 13.2. The minimum Gasteiger partial charge on any atom is -0.366 e. The summed E-state index contributed by atoms with van der Waals surface area (Å²) in [5.74, 6) is 1.51. The number of hydrogen-bond donors (Lipinski definition) is 1. The summed E-state index contributed by atoms with van der Waals surface area (Å²) < 4.78 is 0. The summed E-state index contributed by atoms with van der Waals surface area (Å²) in [7, 11) is 5.51. The highest BCUT2D eigenvalue weighted by Gasteiger charge is 2.23. The summed E-state index contributed by atoms with van der Waals surface area (Å²) >= 11 is 2.03. The quantitative estimate of drug-likeness (QED) is 0.385. The zero-order valence-corrected chi connectivity index (χ0v) is 14.4. The van der Waals surface area contributed by atoms with Crippen LogP contribution in [0, 0.1) is 11.8 Å². The second-order valence-corrected chi connectivity index (χ2v) is 6.83. The van der Waals surface area contributed by atoms with E-state index >= 15 is 0 Å². The van der Waals surface area contributed by atoms with E-state index in [1.165, 1.54) is 51.4 Å². The summed E-state index contributed by atoms with van der Waals surface area (Å²) in [5, 5.41) is 3.61. The predicted octanol–water partition coefficient (Wildman–Crippen LogP) is 4.80. The van der Waals surface area contributed by atoms with Gasteiger partial charge in [-0.15, -0.1) is 0 Å². The first-order chi connectivity index (χ1) is 9.21. The molecular weight excluding hydrogens is 249 g/mol. The molecule has 0 bridgehead atoms. The van der Waals surface area contributed by atoms with Crippen LogP contribution in [0.15, 0.2) is 0 Å². The van der Waals surface area contributed by atoms with Crippen LogP contribution < -0.4 is 5.23 Å². The minimum absolute atomic E-state index is 0.704. The first kappa shape index (κ1) is 19.4. The smallest absolute Gasteiger partial charge is 0.177 e. The van der Waals surface area contributed by atoms with E-state index in [4.69, 9.17) is 7.98 Å². The molecule has 0 heterocycles. The number of rotatable bonds is 13. The molecule has 1 N–H and O–H groups in total. The molecule has 0 aliphatic heterocycles. The van der Waals surface area contributed by atoms with Gasteiger partial charge in [0.15, 0.2) is 7.98 Å². The molecule has 2 radical (unpaired) electrons. The van der Waals surface area contributed by atoms with Crippen LogP contribution in [0.1, 0.15) is 72.1 Å². The molecule has 0 fully saturated rings. The standard InChI is InChI=1S/C16H34BNS/c1-5-7-8-9-10-11-12-14(3)16(19-4)15(6-2)13-18-17/h14-16,18H,5-13H2,1-4H3. The molecule has 19 heavy (non-hydrogen) atoms. The Balaban J connectivity index is 3.89. The van der Waals surface area contributed by atoms with Gasteiger partial charge < -0.3 is 5.23 Å². The summed E-state index contributed by atoms with van der Waals surface area (Å²) in [6.45, 7) is 7.93. The molecule has 0 aromatic carbocycles. The van der Waals surface area contributed by atoms with Gasteiger partial charge in [-0.3, -0.25) is 0 Å². The maximum absolute atomic E-state index is 5.51. The van der Waals surface area contributed by atoms with Crippen molar-refractivity contribution in [2.75, 3.05) is 12.8 Å². The van der Waals surface area contributed by atoms with Gasteiger partial charge in [0.2, 0.25) is 0 Å². The summed E-state index contributed by atoms with van der Waals surface area (Å²) in [5.41, 5.74) is 0. The SMILES string of the molecule is [B]NCC(CC)C(SC)C(C)CCCCCCCC. The van der Waals surface area contributed by atoms with Crippen molar-refractivity contribution < 1.29 is 0 Å². The van der Waals surface area contributed by atoms with E-state index in [0.717, 1.165) is 17.7 Å². The molecule has 3 atom stereocenters. The fourth-order valence-electron chi connectivity index (χ4n) is 2.94. The van der Waals surface area contributed by atoms with Gasteiger partial charge in [0.05, 0.1) is 0 Å². The zero-order valence-electron chi connectivity index (χ0n) is 13.6. The van der Waals surface area contributed by atoms with E-state index in [0.29, 0.717) is 5.92 Å². The average Bonchev–Trinajstić information content (AvgIpc) is 2.42. The van der Waals surface area contributed by atoms with E-state index in [1.807, 2.05) is 11.8 Å². The van der Waals surface area contributed by atoms with Crippen LogP contribution in [0.3, 0.4) is 0 Å². The fourth-order valence-corrected chi connectivity index (χ4v) is 4.22. The molecule has 0 aromatic heterocycles. The third-order valence-corrected chi connectivity index (χ3v) is 5.61. The van der Waals surface area contributed by atoms with Crippen molar-refractivity contribution in [2.24, 2.45) is 11.8 Å². The van der Waals surface area contributed by atoms with Gasteiger partial charge in [-0.1, -0.05) is 65.7 Å². The third-order valence-electron chi connectivity index (χ3n) is 4.22. The Morgan fingerprint density at radius 3 is 2.21 bits per heavy atom. The maximum Gasteiger partial charge on any atom is 0.177 e. The lowest BCUT2D eigenvalue weighted by Gasteiger charge is -2.30. The number of thioether (sulfide) groups is 1. The van der Waals surface area contributed by atoms with Gasteiger partial charge in [0.25, 0.3) is 0 Å². The van der Waals surface area contributed by atoms with Gasteiger partial charge in [-0.2, -0.15) is 11.8 Å². The van der Waals surface area contributed by atoms with Crippen molar-refractivity contribution in [1.82, 2.24) is 5.23 Å². The second-order valence-electron chi connectivity index (χ2n) is 5.81. The molecular formula is C16H34BNS. The predicted molar refractivity (Wildman–Crippen MR) is 92.0 cm³/mol. The Morgan fingerprint density at radius 1 is 1.05 bits per heavy atom. The maximum atomic E-state index is 5.51. The molecule has 0 aliphatic rings. The Hall–Kier alpha value is 0.375. The van der Waals surface area contributed by atoms with Crippen LogP contribution in [-0.2, 0) is 0 Å². The van der Waals surface area contributed by atoms with Gasteiger partial charge >= 0.3 is 0 Å². The Kier molecular flexibility index (Phi) is 13.6. The van der Waals surface area contributed by atoms with E-state index in [1.54, 1.807) is 0 Å². The number of hydrogen-bond acceptors (Lipinski definition) is 2. The van der Waals surface area contributed by atoms with Crippen molar-refractivity contribution in [2.45, 2.75) is 77.4 Å². The normalized spacial score (nSPS) is 16.2. The molecule has 0 saturated heterocycles. The molecule has 0 saturated carbocycles. The fraction of sp³-hybridized carbons (Fsp3) is 1.00. The molecule has 3 heteroatoms. The summed E-state index contributed by atoms with van der Waals surface area (Å²) in [6, 6.07) is 0. The molecule has 0 amide bonds. The molecule has 112 valence electrons. The van der Waals surface area contributed by atoms with Crippen LogP contribution in [0.5, 0.6) is 0 Å². The first-order valence-corrected chi connectivity index (χ1v) is 9.46. The molecule has 3 unspecified atom stereocenters. The topological polar surface area (TPSA) is 12.0 Å². The highest BCUT2D eigenvalue weighted by molar-refractivity contribution is 7.99. The van der Waals surface area contributed by atoms with Crippen LogP contribution in [0.2, 0.25) is 0 Å². The highest BCUT2D eigenvalue weighted by atomic mass is 32.2. The Morgan fingerprint density at radius 2 is 1.68 bits per heavy atom. The van der Waals surface area contributed by atoms with Crippen molar-refractivity contribution in [1.29, 1.82) is 0 Å². The van der Waals surface area contributed by atoms with Gasteiger partial charge in [-0.05, 0) is 31.1 Å². The molecule has 0 rings (SSSR count). The second kappa shape index (κ2) is 13.4. The lowest BCUT2D eigenvalue weighted by atomic mass is 9.89. The van der Waals surface area contributed by atoms with E-state index in [2.05, 4.69) is 32.3 Å².